The first kappa shape index (κ1) is 16.3. The van der Waals surface area contributed by atoms with Crippen LogP contribution in [0.4, 0.5) is 5.69 Å². The van der Waals surface area contributed by atoms with E-state index in [4.69, 9.17) is 4.74 Å². The van der Waals surface area contributed by atoms with Crippen LogP contribution in [0.25, 0.3) is 0 Å². The number of nitrogens with one attached hydrogen (secondary N) is 1. The average Bonchev–Trinajstić information content (AvgIpc) is 2.56. The molecule has 1 aromatic rings. The fourth-order valence-electron chi connectivity index (χ4n) is 2.80. The predicted molar refractivity (Wildman–Crippen MR) is 86.8 cm³/mol. The van der Waals surface area contributed by atoms with E-state index in [2.05, 4.69) is 48.3 Å². The molecule has 4 heteroatoms. The molecule has 118 valence electrons. The van der Waals surface area contributed by atoms with Gasteiger partial charge < -0.3 is 20.1 Å². The topological polar surface area (TPSA) is 44.7 Å². The van der Waals surface area contributed by atoms with Crippen LogP contribution in [0, 0.1) is 0 Å². The summed E-state index contributed by atoms with van der Waals surface area (Å²) in [4.78, 5) is 2.29. The third-order valence-corrected chi connectivity index (χ3v) is 4.05. The molecule has 0 aliphatic carbocycles. The lowest BCUT2D eigenvalue weighted by Crippen LogP contribution is -2.44. The molecule has 1 fully saturated rings. The van der Waals surface area contributed by atoms with Gasteiger partial charge in [-0.05, 0) is 37.1 Å². The molecular formula is C17H28N2O2. The molecule has 0 aromatic heterocycles. The number of nitrogens with zero attached hydrogens (tertiary/aromatic N) is 1. The Morgan fingerprint density at radius 3 is 2.71 bits per heavy atom. The van der Waals surface area contributed by atoms with Crippen molar-refractivity contribution in [1.82, 2.24) is 5.32 Å². The Kier molecular flexibility index (Phi) is 6.49. The molecule has 2 unspecified atom stereocenters. The Labute approximate surface area is 128 Å². The highest BCUT2D eigenvalue weighted by Crippen LogP contribution is 2.22. The monoisotopic (exact) mass is 292 g/mol. The second kappa shape index (κ2) is 8.37. The van der Waals surface area contributed by atoms with Gasteiger partial charge in [0.15, 0.2) is 0 Å². The fourth-order valence-corrected chi connectivity index (χ4v) is 2.80. The first-order valence-electron chi connectivity index (χ1n) is 8.09. The molecule has 0 radical (unpaired) electrons. The summed E-state index contributed by atoms with van der Waals surface area (Å²) in [5.41, 5.74) is 2.56. The summed E-state index contributed by atoms with van der Waals surface area (Å²) in [6, 6.07) is 9.25. The quantitative estimate of drug-likeness (QED) is 0.809. The van der Waals surface area contributed by atoms with Gasteiger partial charge in [0.2, 0.25) is 0 Å². The van der Waals surface area contributed by atoms with E-state index in [0.717, 1.165) is 32.5 Å². The number of benzene rings is 1. The van der Waals surface area contributed by atoms with Crippen molar-refractivity contribution in [3.63, 3.8) is 0 Å². The number of ether oxygens (including phenoxy) is 1. The second-order valence-electron chi connectivity index (χ2n) is 5.63. The van der Waals surface area contributed by atoms with E-state index in [9.17, 15) is 5.11 Å². The minimum Gasteiger partial charge on any atom is -0.394 e. The molecule has 1 aliphatic heterocycles. The van der Waals surface area contributed by atoms with Gasteiger partial charge in [-0.2, -0.15) is 0 Å². The minimum absolute atomic E-state index is 0.0620. The molecule has 0 bridgehead atoms. The Morgan fingerprint density at radius 2 is 2.10 bits per heavy atom. The lowest BCUT2D eigenvalue weighted by molar-refractivity contribution is 0.00357. The predicted octanol–water partition coefficient (Wildman–Crippen LogP) is 2.33. The zero-order chi connectivity index (χ0) is 15.1. The normalized spacial score (nSPS) is 20.5. The summed E-state index contributed by atoms with van der Waals surface area (Å²) in [7, 11) is 0. The van der Waals surface area contributed by atoms with Gasteiger partial charge in [0, 0.05) is 24.8 Å². The smallest absolute Gasteiger partial charge is 0.0980 e. The van der Waals surface area contributed by atoms with Crippen molar-refractivity contribution < 1.29 is 9.84 Å². The van der Waals surface area contributed by atoms with Gasteiger partial charge in [-0.3, -0.25) is 0 Å². The van der Waals surface area contributed by atoms with E-state index >= 15 is 0 Å². The lowest BCUT2D eigenvalue weighted by Gasteiger charge is -2.34. The van der Waals surface area contributed by atoms with Gasteiger partial charge in [0.1, 0.15) is 0 Å². The van der Waals surface area contributed by atoms with Crippen LogP contribution in [-0.2, 0) is 4.74 Å². The number of hydrogen-bond donors (Lipinski definition) is 2. The Bertz CT molecular complexity index is 408. The van der Waals surface area contributed by atoms with Gasteiger partial charge in [0.05, 0.1) is 19.3 Å². The maximum atomic E-state index is 9.23. The standard InChI is InChI=1S/C17H28N2O2/c1-3-9-18-17(4-2)14-5-7-15(8-6-14)19-10-11-21-16(12-19)13-20/h5-8,16-18,20H,3-4,9-13H2,1-2H3. The fraction of sp³-hybridized carbons (Fsp3) is 0.647. The number of aliphatic hydroxyl groups excluding tert-OH is 1. The Balaban J connectivity index is 2.00. The largest absolute Gasteiger partial charge is 0.394 e. The third kappa shape index (κ3) is 4.43. The summed E-state index contributed by atoms with van der Waals surface area (Å²) >= 11 is 0. The highest BCUT2D eigenvalue weighted by atomic mass is 16.5. The van der Waals surface area contributed by atoms with Crippen LogP contribution in [0.5, 0.6) is 0 Å². The number of anilines is 1. The Hall–Kier alpha value is -1.10. The van der Waals surface area contributed by atoms with E-state index in [-0.39, 0.29) is 12.7 Å². The third-order valence-electron chi connectivity index (χ3n) is 4.05. The molecule has 2 atom stereocenters. The first-order valence-corrected chi connectivity index (χ1v) is 8.09. The molecule has 21 heavy (non-hydrogen) atoms. The number of hydrogen-bond acceptors (Lipinski definition) is 4. The number of rotatable bonds is 7. The van der Waals surface area contributed by atoms with Gasteiger partial charge in [0.25, 0.3) is 0 Å². The van der Waals surface area contributed by atoms with Crippen LogP contribution in [-0.4, -0.2) is 44.1 Å². The molecular weight excluding hydrogens is 264 g/mol. The molecule has 1 saturated heterocycles. The van der Waals surface area contributed by atoms with Crippen molar-refractivity contribution in [2.24, 2.45) is 0 Å². The van der Waals surface area contributed by atoms with Crippen molar-refractivity contribution in [3.8, 4) is 0 Å². The van der Waals surface area contributed by atoms with Crippen LogP contribution in [0.2, 0.25) is 0 Å². The molecule has 0 saturated carbocycles. The zero-order valence-corrected chi connectivity index (χ0v) is 13.2. The van der Waals surface area contributed by atoms with Gasteiger partial charge in [-0.1, -0.05) is 26.0 Å². The molecule has 2 N–H and O–H groups in total. The lowest BCUT2D eigenvalue weighted by atomic mass is 10.0. The summed E-state index contributed by atoms with van der Waals surface area (Å²) in [5.74, 6) is 0. The SMILES string of the molecule is CCCNC(CC)c1ccc(N2CCOC(CO)C2)cc1. The summed E-state index contributed by atoms with van der Waals surface area (Å²) in [6.45, 7) is 7.90. The second-order valence-corrected chi connectivity index (χ2v) is 5.63. The van der Waals surface area contributed by atoms with Crippen molar-refractivity contribution >= 4 is 5.69 Å². The van der Waals surface area contributed by atoms with Crippen molar-refractivity contribution in [2.45, 2.75) is 38.8 Å². The molecule has 0 spiro atoms. The van der Waals surface area contributed by atoms with Crippen LogP contribution < -0.4 is 10.2 Å². The van der Waals surface area contributed by atoms with Gasteiger partial charge in [-0.15, -0.1) is 0 Å². The highest BCUT2D eigenvalue weighted by Gasteiger charge is 2.20. The van der Waals surface area contributed by atoms with Crippen molar-refractivity contribution in [1.29, 1.82) is 0 Å². The van der Waals surface area contributed by atoms with Crippen LogP contribution in [0.15, 0.2) is 24.3 Å². The summed E-state index contributed by atoms with van der Waals surface area (Å²) in [6.07, 6.45) is 2.20. The highest BCUT2D eigenvalue weighted by molar-refractivity contribution is 5.48. The molecule has 0 amide bonds. The van der Waals surface area contributed by atoms with Crippen molar-refractivity contribution in [3.05, 3.63) is 29.8 Å². The Morgan fingerprint density at radius 1 is 1.33 bits per heavy atom. The average molecular weight is 292 g/mol. The van der Waals surface area contributed by atoms with E-state index in [1.807, 2.05) is 0 Å². The zero-order valence-electron chi connectivity index (χ0n) is 13.2. The molecule has 1 aromatic carbocycles. The van der Waals surface area contributed by atoms with Crippen LogP contribution in [0.3, 0.4) is 0 Å². The molecule has 1 aliphatic rings. The van der Waals surface area contributed by atoms with Crippen molar-refractivity contribution in [2.75, 3.05) is 37.7 Å². The number of morpholine rings is 1. The molecule has 2 rings (SSSR count). The van der Waals surface area contributed by atoms with E-state index in [1.54, 1.807) is 0 Å². The van der Waals surface area contributed by atoms with Gasteiger partial charge >= 0.3 is 0 Å². The number of aliphatic hydroxyl groups is 1. The van der Waals surface area contributed by atoms with Crippen LogP contribution in [0.1, 0.15) is 38.3 Å². The summed E-state index contributed by atoms with van der Waals surface area (Å²) in [5, 5.41) is 12.8. The van der Waals surface area contributed by atoms with E-state index in [0.29, 0.717) is 12.6 Å². The van der Waals surface area contributed by atoms with E-state index in [1.165, 1.54) is 11.3 Å². The van der Waals surface area contributed by atoms with Crippen LogP contribution >= 0.6 is 0 Å². The molecule has 1 heterocycles. The maximum Gasteiger partial charge on any atom is 0.0980 e. The minimum atomic E-state index is -0.0620. The molecule has 4 nitrogen and oxygen atoms in total. The van der Waals surface area contributed by atoms with Gasteiger partial charge in [-0.25, -0.2) is 0 Å². The van der Waals surface area contributed by atoms with E-state index < -0.39 is 0 Å². The maximum absolute atomic E-state index is 9.23. The summed E-state index contributed by atoms with van der Waals surface area (Å²) < 4.78 is 5.50. The first-order chi connectivity index (χ1) is 10.3.